The second-order valence-electron chi connectivity index (χ2n) is 3.59. The van der Waals surface area contributed by atoms with Crippen LogP contribution < -0.4 is 4.90 Å². The molecule has 0 fully saturated rings. The molecule has 0 aliphatic heterocycles. The minimum atomic E-state index is -0.440. The van der Waals surface area contributed by atoms with E-state index in [9.17, 15) is 10.1 Å². The summed E-state index contributed by atoms with van der Waals surface area (Å²) >= 11 is 4.67. The van der Waals surface area contributed by atoms with Crippen LogP contribution >= 0.6 is 27.3 Å². The van der Waals surface area contributed by atoms with E-state index < -0.39 is 4.92 Å². The Morgan fingerprint density at radius 3 is 2.94 bits per heavy atom. The molecular weight excluding hydrogens is 320 g/mol. The zero-order valence-corrected chi connectivity index (χ0v) is 11.8. The maximum absolute atomic E-state index is 11.0. The van der Waals surface area contributed by atoms with Crippen molar-refractivity contribution in [1.29, 1.82) is 0 Å². The van der Waals surface area contributed by atoms with E-state index in [2.05, 4.69) is 25.9 Å². The first-order valence-electron chi connectivity index (χ1n) is 4.96. The predicted molar refractivity (Wildman–Crippen MR) is 72.8 cm³/mol. The molecule has 0 saturated heterocycles. The highest BCUT2D eigenvalue weighted by Gasteiger charge is 2.19. The van der Waals surface area contributed by atoms with Crippen molar-refractivity contribution in [3.8, 4) is 0 Å². The Morgan fingerprint density at radius 2 is 2.33 bits per heavy atom. The van der Waals surface area contributed by atoms with Gasteiger partial charge in [0.15, 0.2) is 0 Å². The van der Waals surface area contributed by atoms with Gasteiger partial charge in [0.2, 0.25) is 5.82 Å². The summed E-state index contributed by atoms with van der Waals surface area (Å²) in [6, 6.07) is 1.44. The van der Waals surface area contributed by atoms with Gasteiger partial charge in [-0.15, -0.1) is 11.3 Å². The van der Waals surface area contributed by atoms with Crippen LogP contribution in [0.4, 0.5) is 11.5 Å². The highest BCUT2D eigenvalue weighted by atomic mass is 79.9. The third-order valence-electron chi connectivity index (χ3n) is 2.25. The summed E-state index contributed by atoms with van der Waals surface area (Å²) in [5.74, 6) is 0.330. The number of nitrogens with zero attached hydrogens (tertiary/aromatic N) is 4. The summed E-state index contributed by atoms with van der Waals surface area (Å²) in [5, 5.41) is 12.9. The number of aromatic nitrogens is 2. The van der Waals surface area contributed by atoms with Gasteiger partial charge >= 0.3 is 5.69 Å². The lowest BCUT2D eigenvalue weighted by molar-refractivity contribution is -0.384. The number of pyridine rings is 1. The van der Waals surface area contributed by atoms with E-state index >= 15 is 0 Å². The summed E-state index contributed by atoms with van der Waals surface area (Å²) < 4.78 is 0.583. The topological polar surface area (TPSA) is 72.2 Å². The average Bonchev–Trinajstić information content (AvgIpc) is 2.81. The summed E-state index contributed by atoms with van der Waals surface area (Å²) in [7, 11) is 1.75. The molecule has 94 valence electrons. The lowest BCUT2D eigenvalue weighted by atomic mass is 10.3. The molecule has 18 heavy (non-hydrogen) atoms. The largest absolute Gasteiger partial charge is 0.348 e. The third-order valence-corrected chi connectivity index (χ3v) is 3.32. The average molecular weight is 329 g/mol. The van der Waals surface area contributed by atoms with Crippen LogP contribution in [0.5, 0.6) is 0 Å². The molecule has 8 heteroatoms. The van der Waals surface area contributed by atoms with Crippen LogP contribution in [0.25, 0.3) is 0 Å². The van der Waals surface area contributed by atoms with Gasteiger partial charge in [-0.3, -0.25) is 10.1 Å². The normalized spacial score (nSPS) is 10.3. The number of rotatable bonds is 4. The molecule has 2 aromatic rings. The van der Waals surface area contributed by atoms with Crippen LogP contribution in [0, 0.1) is 10.1 Å². The molecule has 0 amide bonds. The van der Waals surface area contributed by atoms with Crippen LogP contribution in [0.15, 0.2) is 27.6 Å². The molecular formula is C10H9BrN4O2S. The van der Waals surface area contributed by atoms with Crippen molar-refractivity contribution in [3.05, 3.63) is 43.4 Å². The monoisotopic (exact) mass is 328 g/mol. The van der Waals surface area contributed by atoms with E-state index in [0.717, 1.165) is 5.69 Å². The Labute approximate surface area is 116 Å². The van der Waals surface area contributed by atoms with Gasteiger partial charge in [0.1, 0.15) is 0 Å². The number of thiazole rings is 1. The fourth-order valence-electron chi connectivity index (χ4n) is 1.48. The Morgan fingerprint density at radius 1 is 1.56 bits per heavy atom. The van der Waals surface area contributed by atoms with Crippen LogP contribution in [0.1, 0.15) is 5.69 Å². The Bertz CT molecular complexity index is 561. The molecule has 0 saturated carbocycles. The van der Waals surface area contributed by atoms with Crippen LogP contribution in [0.3, 0.4) is 0 Å². The lowest BCUT2D eigenvalue weighted by Gasteiger charge is -2.16. The van der Waals surface area contributed by atoms with Crippen LogP contribution in [-0.4, -0.2) is 21.9 Å². The fraction of sp³-hybridized carbons (Fsp3) is 0.200. The molecule has 0 N–H and O–H groups in total. The predicted octanol–water partition coefficient (Wildman–Crippen LogP) is 2.85. The number of halogens is 1. The molecule has 0 aliphatic rings. The molecule has 2 heterocycles. The third kappa shape index (κ3) is 2.82. The van der Waals surface area contributed by atoms with Gasteiger partial charge in [-0.25, -0.2) is 9.97 Å². The molecule has 0 aromatic carbocycles. The van der Waals surface area contributed by atoms with Gasteiger partial charge in [-0.05, 0) is 15.9 Å². The standard InChI is InChI=1S/C10H9BrN4O2S/c1-14(4-8-5-18-6-13-8)10-9(15(16)17)2-7(11)3-12-10/h2-3,5-6H,4H2,1H3. The van der Waals surface area contributed by atoms with Crippen molar-refractivity contribution in [3.63, 3.8) is 0 Å². The second kappa shape index (κ2) is 5.40. The van der Waals surface area contributed by atoms with Gasteiger partial charge in [0.25, 0.3) is 0 Å². The molecule has 0 bridgehead atoms. The van der Waals surface area contributed by atoms with Crippen molar-refractivity contribution in [2.24, 2.45) is 0 Å². The fourth-order valence-corrected chi connectivity index (χ4v) is 2.35. The van der Waals surface area contributed by atoms with Crippen molar-refractivity contribution in [2.75, 3.05) is 11.9 Å². The Hall–Kier alpha value is -1.54. The van der Waals surface area contributed by atoms with E-state index in [1.807, 2.05) is 5.38 Å². The van der Waals surface area contributed by atoms with Crippen molar-refractivity contribution in [1.82, 2.24) is 9.97 Å². The summed E-state index contributed by atoms with van der Waals surface area (Å²) in [6.07, 6.45) is 1.54. The van der Waals surface area contributed by atoms with Crippen molar-refractivity contribution in [2.45, 2.75) is 6.54 Å². The molecule has 0 unspecified atom stereocenters. The van der Waals surface area contributed by atoms with E-state index in [1.165, 1.54) is 17.4 Å². The zero-order chi connectivity index (χ0) is 13.1. The molecule has 2 aromatic heterocycles. The molecule has 2 rings (SSSR count). The smallest absolute Gasteiger partial charge is 0.312 e. The van der Waals surface area contributed by atoms with Gasteiger partial charge in [-0.2, -0.15) is 0 Å². The van der Waals surface area contributed by atoms with E-state index in [4.69, 9.17) is 0 Å². The van der Waals surface area contributed by atoms with Gasteiger partial charge in [0.05, 0.1) is 22.7 Å². The minimum absolute atomic E-state index is 0.0258. The van der Waals surface area contributed by atoms with Gasteiger partial charge in [-0.1, -0.05) is 0 Å². The van der Waals surface area contributed by atoms with Crippen LogP contribution in [-0.2, 0) is 6.54 Å². The number of hydrogen-bond donors (Lipinski definition) is 0. The second-order valence-corrected chi connectivity index (χ2v) is 5.22. The molecule has 0 radical (unpaired) electrons. The molecule has 6 nitrogen and oxygen atoms in total. The summed E-state index contributed by atoms with van der Waals surface area (Å²) in [6.45, 7) is 0.485. The van der Waals surface area contributed by atoms with Crippen LogP contribution in [0.2, 0.25) is 0 Å². The quantitative estimate of drug-likeness (QED) is 0.637. The first kappa shape index (κ1) is 12.9. The SMILES string of the molecule is CN(Cc1cscn1)c1ncc(Br)cc1[N+](=O)[O-]. The Kier molecular flexibility index (Phi) is 3.87. The highest BCUT2D eigenvalue weighted by Crippen LogP contribution is 2.28. The zero-order valence-electron chi connectivity index (χ0n) is 9.41. The highest BCUT2D eigenvalue weighted by molar-refractivity contribution is 9.10. The maximum Gasteiger partial charge on any atom is 0.312 e. The number of nitro groups is 1. The molecule has 0 atom stereocenters. The number of anilines is 1. The molecule has 0 spiro atoms. The number of hydrogen-bond acceptors (Lipinski definition) is 6. The molecule has 0 aliphatic carbocycles. The lowest BCUT2D eigenvalue weighted by Crippen LogP contribution is -2.19. The van der Waals surface area contributed by atoms with E-state index in [0.29, 0.717) is 16.8 Å². The van der Waals surface area contributed by atoms with Crippen molar-refractivity contribution < 1.29 is 4.92 Å². The van der Waals surface area contributed by atoms with Crippen molar-refractivity contribution >= 4 is 38.8 Å². The minimum Gasteiger partial charge on any atom is -0.348 e. The van der Waals surface area contributed by atoms with E-state index in [-0.39, 0.29) is 5.69 Å². The first-order chi connectivity index (χ1) is 8.58. The van der Waals surface area contributed by atoms with Gasteiger partial charge < -0.3 is 4.90 Å². The van der Waals surface area contributed by atoms with E-state index in [1.54, 1.807) is 23.7 Å². The summed E-state index contributed by atoms with van der Waals surface area (Å²) in [5.41, 5.74) is 2.57. The first-order valence-corrected chi connectivity index (χ1v) is 6.69. The Balaban J connectivity index is 2.29. The van der Waals surface area contributed by atoms with Gasteiger partial charge in [0, 0.05) is 29.2 Å². The summed E-state index contributed by atoms with van der Waals surface area (Å²) in [4.78, 5) is 20.5. The maximum atomic E-state index is 11.0.